The maximum absolute atomic E-state index is 10.9. The maximum Gasteiger partial charge on any atom is 0.331 e. The molecule has 0 aliphatic carbocycles. The molecule has 0 aliphatic rings. The minimum absolute atomic E-state index is 0.105. The van der Waals surface area contributed by atoms with Crippen molar-refractivity contribution in [1.82, 2.24) is 0 Å². The topological polar surface area (TPSA) is 74.6 Å². The van der Waals surface area contributed by atoms with Crippen molar-refractivity contribution in [2.75, 3.05) is 0 Å². The standard InChI is InChI=1S/C12H12O4/c13-11(14)7-6-10(12(15)16)8-9-4-2-1-3-5-9/h1-6H,7-8H2,(H,13,14)(H,15,16)/b10-6+. The lowest BCUT2D eigenvalue weighted by Crippen LogP contribution is -2.05. The fourth-order valence-electron chi connectivity index (χ4n) is 1.26. The van der Waals surface area contributed by atoms with Gasteiger partial charge >= 0.3 is 11.9 Å². The Bertz CT molecular complexity index is 406. The van der Waals surface area contributed by atoms with Crippen molar-refractivity contribution in [1.29, 1.82) is 0 Å². The average Bonchev–Trinajstić information content (AvgIpc) is 2.25. The molecule has 0 fully saturated rings. The minimum Gasteiger partial charge on any atom is -0.481 e. The number of carboxylic acid groups (broad SMARTS) is 2. The van der Waals surface area contributed by atoms with Gasteiger partial charge in [-0.15, -0.1) is 0 Å². The van der Waals surface area contributed by atoms with Crippen LogP contribution in [0.5, 0.6) is 0 Å². The van der Waals surface area contributed by atoms with Gasteiger partial charge in [0.1, 0.15) is 0 Å². The lowest BCUT2D eigenvalue weighted by molar-refractivity contribution is -0.136. The molecule has 4 heteroatoms. The SMILES string of the molecule is O=C(O)C/C=C(\Cc1ccccc1)C(=O)O. The Hall–Kier alpha value is -2.10. The fourth-order valence-corrected chi connectivity index (χ4v) is 1.26. The lowest BCUT2D eigenvalue weighted by Gasteiger charge is -2.02. The van der Waals surface area contributed by atoms with Gasteiger partial charge < -0.3 is 10.2 Å². The molecule has 1 aromatic rings. The second-order valence-electron chi connectivity index (χ2n) is 3.29. The molecule has 84 valence electrons. The number of carboxylic acids is 2. The smallest absolute Gasteiger partial charge is 0.331 e. The van der Waals surface area contributed by atoms with Crippen LogP contribution in [-0.2, 0) is 16.0 Å². The van der Waals surface area contributed by atoms with E-state index in [-0.39, 0.29) is 18.4 Å². The number of rotatable bonds is 5. The van der Waals surface area contributed by atoms with Gasteiger partial charge in [0, 0.05) is 12.0 Å². The Morgan fingerprint density at radius 2 is 1.75 bits per heavy atom. The van der Waals surface area contributed by atoms with Crippen LogP contribution >= 0.6 is 0 Å². The first-order valence-electron chi connectivity index (χ1n) is 4.77. The van der Waals surface area contributed by atoms with Crippen molar-refractivity contribution in [3.63, 3.8) is 0 Å². The van der Waals surface area contributed by atoms with Crippen LogP contribution in [0.25, 0.3) is 0 Å². The highest BCUT2D eigenvalue weighted by Crippen LogP contribution is 2.09. The molecule has 1 rings (SSSR count). The number of carbonyl (C=O) groups is 2. The van der Waals surface area contributed by atoms with E-state index in [2.05, 4.69) is 0 Å². The molecule has 0 unspecified atom stereocenters. The molecule has 2 N–H and O–H groups in total. The summed E-state index contributed by atoms with van der Waals surface area (Å²) >= 11 is 0. The first kappa shape index (κ1) is 12.0. The molecule has 0 heterocycles. The van der Waals surface area contributed by atoms with Gasteiger partial charge in [-0.2, -0.15) is 0 Å². The summed E-state index contributed by atoms with van der Waals surface area (Å²) in [5.41, 5.74) is 0.954. The summed E-state index contributed by atoms with van der Waals surface area (Å²) in [7, 11) is 0. The molecule has 0 spiro atoms. The average molecular weight is 220 g/mol. The zero-order valence-corrected chi connectivity index (χ0v) is 8.59. The van der Waals surface area contributed by atoms with Gasteiger partial charge in [0.2, 0.25) is 0 Å². The molecule has 0 atom stereocenters. The third kappa shape index (κ3) is 3.96. The van der Waals surface area contributed by atoms with Gasteiger partial charge in [-0.3, -0.25) is 4.79 Å². The summed E-state index contributed by atoms with van der Waals surface area (Å²) in [6.45, 7) is 0. The Balaban J connectivity index is 2.77. The van der Waals surface area contributed by atoms with Crippen LogP contribution in [0.15, 0.2) is 42.0 Å². The van der Waals surface area contributed by atoms with Gasteiger partial charge in [-0.25, -0.2) is 4.79 Å². The van der Waals surface area contributed by atoms with E-state index in [4.69, 9.17) is 10.2 Å². The van der Waals surface area contributed by atoms with Gasteiger partial charge in [0.25, 0.3) is 0 Å². The second-order valence-corrected chi connectivity index (χ2v) is 3.29. The van der Waals surface area contributed by atoms with Gasteiger partial charge in [0.15, 0.2) is 0 Å². The summed E-state index contributed by atoms with van der Waals surface area (Å²) in [4.78, 5) is 21.2. The third-order valence-corrected chi connectivity index (χ3v) is 2.04. The molecule has 0 bridgehead atoms. The molecule has 1 aromatic carbocycles. The maximum atomic E-state index is 10.9. The summed E-state index contributed by atoms with van der Waals surface area (Å²) in [6.07, 6.45) is 1.20. The van der Waals surface area contributed by atoms with Crippen LogP contribution in [0.2, 0.25) is 0 Å². The fraction of sp³-hybridized carbons (Fsp3) is 0.167. The van der Waals surface area contributed by atoms with Crippen LogP contribution < -0.4 is 0 Å². The zero-order chi connectivity index (χ0) is 12.0. The Kier molecular flexibility index (Phi) is 4.27. The highest BCUT2D eigenvalue weighted by atomic mass is 16.4. The molecule has 0 saturated carbocycles. The Labute approximate surface area is 92.8 Å². The van der Waals surface area contributed by atoms with Crippen LogP contribution in [-0.4, -0.2) is 22.2 Å². The van der Waals surface area contributed by atoms with E-state index in [9.17, 15) is 9.59 Å². The zero-order valence-electron chi connectivity index (χ0n) is 8.59. The molecule has 0 radical (unpaired) electrons. The molecule has 4 nitrogen and oxygen atoms in total. The van der Waals surface area contributed by atoms with Gasteiger partial charge in [-0.1, -0.05) is 36.4 Å². The predicted molar refractivity (Wildman–Crippen MR) is 58.1 cm³/mol. The first-order valence-corrected chi connectivity index (χ1v) is 4.77. The predicted octanol–water partition coefficient (Wildman–Crippen LogP) is 1.71. The number of hydrogen-bond donors (Lipinski definition) is 2. The molecule has 0 aliphatic heterocycles. The summed E-state index contributed by atoms with van der Waals surface area (Å²) in [6, 6.07) is 9.07. The molecule has 16 heavy (non-hydrogen) atoms. The molecular weight excluding hydrogens is 208 g/mol. The van der Waals surface area contributed by atoms with Crippen molar-refractivity contribution in [3.8, 4) is 0 Å². The first-order chi connectivity index (χ1) is 7.59. The number of benzene rings is 1. The monoisotopic (exact) mass is 220 g/mol. The van der Waals surface area contributed by atoms with E-state index in [1.54, 1.807) is 12.1 Å². The number of hydrogen-bond acceptors (Lipinski definition) is 2. The van der Waals surface area contributed by atoms with Gasteiger partial charge in [-0.05, 0) is 5.56 Å². The quantitative estimate of drug-likeness (QED) is 0.741. The van der Waals surface area contributed by atoms with Crippen molar-refractivity contribution in [3.05, 3.63) is 47.5 Å². The Morgan fingerprint density at radius 1 is 1.12 bits per heavy atom. The van der Waals surface area contributed by atoms with Gasteiger partial charge in [0.05, 0.1) is 6.42 Å². The van der Waals surface area contributed by atoms with E-state index >= 15 is 0 Å². The number of aliphatic carboxylic acids is 2. The molecule has 0 saturated heterocycles. The normalized spacial score (nSPS) is 11.1. The summed E-state index contributed by atoms with van der Waals surface area (Å²) in [5.74, 6) is -2.11. The molecular formula is C12H12O4. The highest BCUT2D eigenvalue weighted by molar-refractivity contribution is 5.88. The van der Waals surface area contributed by atoms with E-state index in [0.717, 1.165) is 5.56 Å². The van der Waals surface area contributed by atoms with E-state index in [1.165, 1.54) is 6.08 Å². The van der Waals surface area contributed by atoms with E-state index in [0.29, 0.717) is 0 Å². The summed E-state index contributed by atoms with van der Waals surface area (Å²) in [5, 5.41) is 17.4. The van der Waals surface area contributed by atoms with E-state index in [1.807, 2.05) is 18.2 Å². The largest absolute Gasteiger partial charge is 0.481 e. The minimum atomic E-state index is -1.08. The van der Waals surface area contributed by atoms with Crippen molar-refractivity contribution in [2.45, 2.75) is 12.8 Å². The molecule has 0 aromatic heterocycles. The Morgan fingerprint density at radius 3 is 2.25 bits per heavy atom. The summed E-state index contributed by atoms with van der Waals surface area (Å²) < 4.78 is 0. The van der Waals surface area contributed by atoms with Crippen molar-refractivity contribution in [2.24, 2.45) is 0 Å². The second kappa shape index (κ2) is 5.70. The highest BCUT2D eigenvalue weighted by Gasteiger charge is 2.08. The van der Waals surface area contributed by atoms with Crippen molar-refractivity contribution < 1.29 is 19.8 Å². The van der Waals surface area contributed by atoms with Crippen LogP contribution in [0.1, 0.15) is 12.0 Å². The molecule has 0 amide bonds. The van der Waals surface area contributed by atoms with Crippen LogP contribution in [0.4, 0.5) is 0 Å². The van der Waals surface area contributed by atoms with E-state index < -0.39 is 11.9 Å². The third-order valence-electron chi connectivity index (χ3n) is 2.04. The van der Waals surface area contributed by atoms with Crippen molar-refractivity contribution >= 4 is 11.9 Å². The lowest BCUT2D eigenvalue weighted by atomic mass is 10.0. The van der Waals surface area contributed by atoms with Crippen LogP contribution in [0, 0.1) is 0 Å². The van der Waals surface area contributed by atoms with Crippen LogP contribution in [0.3, 0.4) is 0 Å².